The van der Waals surface area contributed by atoms with Gasteiger partial charge in [-0.15, -0.1) is 11.3 Å². The Morgan fingerprint density at radius 3 is 2.76 bits per heavy atom. The van der Waals surface area contributed by atoms with Gasteiger partial charge in [-0.2, -0.15) is 0 Å². The van der Waals surface area contributed by atoms with E-state index in [0.717, 1.165) is 24.4 Å². The molecule has 1 atom stereocenters. The van der Waals surface area contributed by atoms with Gasteiger partial charge in [-0.3, -0.25) is 0 Å². The van der Waals surface area contributed by atoms with E-state index in [0.29, 0.717) is 6.04 Å². The molecule has 1 unspecified atom stereocenters. The number of aromatic nitrogens is 1. The highest BCUT2D eigenvalue weighted by atomic mass is 32.1. The van der Waals surface area contributed by atoms with Gasteiger partial charge in [0.2, 0.25) is 0 Å². The molecule has 0 aliphatic rings. The highest BCUT2D eigenvalue weighted by molar-refractivity contribution is 7.09. The van der Waals surface area contributed by atoms with Gasteiger partial charge in [0.05, 0.1) is 0 Å². The fraction of sp³-hybridized carbons (Fsp3) is 0.357. The summed E-state index contributed by atoms with van der Waals surface area (Å²) in [5.41, 5.74) is 1.39. The van der Waals surface area contributed by atoms with Gasteiger partial charge in [-0.25, -0.2) is 4.98 Å². The summed E-state index contributed by atoms with van der Waals surface area (Å²) in [4.78, 5) is 4.29. The minimum atomic E-state index is 0.529. The zero-order valence-electron chi connectivity index (χ0n) is 10.1. The lowest BCUT2D eigenvalue weighted by atomic mass is 10.0. The molecule has 2 nitrogen and oxygen atoms in total. The van der Waals surface area contributed by atoms with Crippen LogP contribution in [0.3, 0.4) is 0 Å². The third-order valence-electron chi connectivity index (χ3n) is 2.84. The highest BCUT2D eigenvalue weighted by Crippen LogP contribution is 2.08. The summed E-state index contributed by atoms with van der Waals surface area (Å²) < 4.78 is 0. The molecule has 0 aliphatic heterocycles. The van der Waals surface area contributed by atoms with Gasteiger partial charge in [-0.05, 0) is 18.4 Å². The van der Waals surface area contributed by atoms with E-state index >= 15 is 0 Å². The predicted octanol–water partition coefficient (Wildman–Crippen LogP) is 3.25. The first-order valence-corrected chi connectivity index (χ1v) is 6.92. The van der Waals surface area contributed by atoms with Crippen LogP contribution in [0.25, 0.3) is 0 Å². The SMILES string of the molecule is CCC(Cc1ccccc1)NCc1nccs1. The van der Waals surface area contributed by atoms with Crippen molar-refractivity contribution >= 4 is 11.3 Å². The van der Waals surface area contributed by atoms with Crippen molar-refractivity contribution in [1.29, 1.82) is 0 Å². The molecule has 90 valence electrons. The van der Waals surface area contributed by atoms with E-state index in [2.05, 4.69) is 47.6 Å². The first-order chi connectivity index (χ1) is 8.38. The van der Waals surface area contributed by atoms with Crippen molar-refractivity contribution in [3.05, 3.63) is 52.5 Å². The van der Waals surface area contributed by atoms with E-state index in [-0.39, 0.29) is 0 Å². The molecule has 0 spiro atoms. The maximum Gasteiger partial charge on any atom is 0.106 e. The van der Waals surface area contributed by atoms with E-state index in [9.17, 15) is 0 Å². The second-order valence-electron chi connectivity index (χ2n) is 4.10. The average molecular weight is 246 g/mol. The summed E-state index contributed by atoms with van der Waals surface area (Å²) in [6.45, 7) is 3.10. The molecule has 0 radical (unpaired) electrons. The molecule has 0 amide bonds. The monoisotopic (exact) mass is 246 g/mol. The zero-order chi connectivity index (χ0) is 11.9. The van der Waals surface area contributed by atoms with E-state index in [1.54, 1.807) is 11.3 Å². The molecular formula is C14H18N2S. The number of hydrogen-bond acceptors (Lipinski definition) is 3. The van der Waals surface area contributed by atoms with Crippen LogP contribution in [0, 0.1) is 0 Å². The third-order valence-corrected chi connectivity index (χ3v) is 3.62. The third kappa shape index (κ3) is 3.95. The van der Waals surface area contributed by atoms with Crippen LogP contribution >= 0.6 is 11.3 Å². The summed E-state index contributed by atoms with van der Waals surface area (Å²) in [5, 5.41) is 6.75. The Morgan fingerprint density at radius 1 is 1.29 bits per heavy atom. The van der Waals surface area contributed by atoms with Gasteiger partial charge in [-0.1, -0.05) is 37.3 Å². The molecule has 1 aromatic heterocycles. The van der Waals surface area contributed by atoms with Crippen LogP contribution in [-0.2, 0) is 13.0 Å². The van der Waals surface area contributed by atoms with Gasteiger partial charge in [0.1, 0.15) is 5.01 Å². The molecule has 0 fully saturated rings. The Bertz CT molecular complexity index is 411. The minimum absolute atomic E-state index is 0.529. The number of hydrogen-bond donors (Lipinski definition) is 1. The van der Waals surface area contributed by atoms with Gasteiger partial charge < -0.3 is 5.32 Å². The van der Waals surface area contributed by atoms with Crippen molar-refractivity contribution in [2.24, 2.45) is 0 Å². The fourth-order valence-corrected chi connectivity index (χ4v) is 2.40. The Morgan fingerprint density at radius 2 is 2.12 bits per heavy atom. The van der Waals surface area contributed by atoms with Gasteiger partial charge in [0.25, 0.3) is 0 Å². The molecule has 2 rings (SSSR count). The predicted molar refractivity (Wildman–Crippen MR) is 73.2 cm³/mol. The van der Waals surface area contributed by atoms with Gasteiger partial charge >= 0.3 is 0 Å². The van der Waals surface area contributed by atoms with Crippen molar-refractivity contribution in [3.8, 4) is 0 Å². The van der Waals surface area contributed by atoms with Crippen LogP contribution in [0.1, 0.15) is 23.9 Å². The Hall–Kier alpha value is -1.19. The van der Waals surface area contributed by atoms with Crippen LogP contribution in [0.5, 0.6) is 0 Å². The normalized spacial score (nSPS) is 12.5. The second kappa shape index (κ2) is 6.52. The summed E-state index contributed by atoms with van der Waals surface area (Å²) >= 11 is 1.71. The zero-order valence-corrected chi connectivity index (χ0v) is 10.9. The van der Waals surface area contributed by atoms with Crippen LogP contribution in [0.4, 0.5) is 0 Å². The number of rotatable bonds is 6. The number of benzene rings is 1. The van der Waals surface area contributed by atoms with Crippen molar-refractivity contribution in [2.75, 3.05) is 0 Å². The Kier molecular flexibility index (Phi) is 4.71. The van der Waals surface area contributed by atoms with Crippen LogP contribution in [0.2, 0.25) is 0 Å². The minimum Gasteiger partial charge on any atom is -0.307 e. The van der Waals surface area contributed by atoms with Crippen LogP contribution < -0.4 is 5.32 Å². The first-order valence-electron chi connectivity index (χ1n) is 6.04. The molecule has 0 aliphatic carbocycles. The van der Waals surface area contributed by atoms with Crippen molar-refractivity contribution in [2.45, 2.75) is 32.4 Å². The van der Waals surface area contributed by atoms with Crippen LogP contribution in [-0.4, -0.2) is 11.0 Å². The average Bonchev–Trinajstić information content (AvgIpc) is 2.89. The van der Waals surface area contributed by atoms with Crippen molar-refractivity contribution < 1.29 is 0 Å². The van der Waals surface area contributed by atoms with E-state index in [4.69, 9.17) is 0 Å². The summed E-state index contributed by atoms with van der Waals surface area (Å²) in [5.74, 6) is 0. The van der Waals surface area contributed by atoms with E-state index in [1.807, 2.05) is 11.6 Å². The van der Waals surface area contributed by atoms with E-state index < -0.39 is 0 Å². The maximum atomic E-state index is 4.29. The summed E-state index contributed by atoms with van der Waals surface area (Å²) in [6, 6.07) is 11.2. The van der Waals surface area contributed by atoms with Crippen molar-refractivity contribution in [1.82, 2.24) is 10.3 Å². The molecule has 2 aromatic rings. The Balaban J connectivity index is 1.85. The lowest BCUT2D eigenvalue weighted by Crippen LogP contribution is -2.29. The molecule has 3 heteroatoms. The molecule has 0 saturated carbocycles. The highest BCUT2D eigenvalue weighted by Gasteiger charge is 2.07. The fourth-order valence-electron chi connectivity index (χ4n) is 1.83. The molecular weight excluding hydrogens is 228 g/mol. The standard InChI is InChI=1S/C14H18N2S/c1-2-13(10-12-6-4-3-5-7-12)16-11-14-15-8-9-17-14/h3-9,13,16H,2,10-11H2,1H3. The van der Waals surface area contributed by atoms with Gasteiger partial charge in [0, 0.05) is 24.2 Å². The maximum absolute atomic E-state index is 4.29. The first kappa shape index (κ1) is 12.3. The van der Waals surface area contributed by atoms with Crippen molar-refractivity contribution in [3.63, 3.8) is 0 Å². The number of nitrogens with one attached hydrogen (secondary N) is 1. The number of thiazole rings is 1. The topological polar surface area (TPSA) is 24.9 Å². The van der Waals surface area contributed by atoms with Crippen LogP contribution in [0.15, 0.2) is 41.9 Å². The molecule has 1 aromatic carbocycles. The molecule has 1 N–H and O–H groups in total. The molecule has 1 heterocycles. The Labute approximate surface area is 107 Å². The summed E-state index contributed by atoms with van der Waals surface area (Å²) in [6.07, 6.45) is 4.09. The quantitative estimate of drug-likeness (QED) is 0.846. The lowest BCUT2D eigenvalue weighted by Gasteiger charge is -2.16. The second-order valence-corrected chi connectivity index (χ2v) is 5.08. The smallest absolute Gasteiger partial charge is 0.106 e. The van der Waals surface area contributed by atoms with E-state index in [1.165, 1.54) is 5.56 Å². The largest absolute Gasteiger partial charge is 0.307 e. The number of nitrogens with zero attached hydrogens (tertiary/aromatic N) is 1. The lowest BCUT2D eigenvalue weighted by molar-refractivity contribution is 0.493. The molecule has 17 heavy (non-hydrogen) atoms. The summed E-state index contributed by atoms with van der Waals surface area (Å²) in [7, 11) is 0. The van der Waals surface area contributed by atoms with Gasteiger partial charge in [0.15, 0.2) is 0 Å². The molecule has 0 bridgehead atoms. The molecule has 0 saturated heterocycles.